The predicted octanol–water partition coefficient (Wildman–Crippen LogP) is 15.8. The number of hydrogen-bond donors (Lipinski definition) is 0. The number of rotatable bonds is 6. The molecule has 0 aliphatic heterocycles. The van der Waals surface area contributed by atoms with Gasteiger partial charge in [0, 0.05) is 49.9 Å². The summed E-state index contributed by atoms with van der Waals surface area (Å²) in [5.41, 5.74) is 12.9. The molecular weight excluding hydrogens is 717 g/mol. The van der Waals surface area contributed by atoms with Crippen LogP contribution in [0.25, 0.3) is 93.2 Å². The highest BCUT2D eigenvalue weighted by Gasteiger charge is 2.21. The molecular formula is C56H36N2O. The topological polar surface area (TPSA) is 21.3 Å². The van der Waals surface area contributed by atoms with E-state index < -0.39 is 0 Å². The molecule has 0 N–H and O–H groups in total. The largest absolute Gasteiger partial charge is 0.455 e. The minimum atomic E-state index is 0.872. The molecule has 0 bridgehead atoms. The Labute approximate surface area is 341 Å². The molecule has 276 valence electrons. The van der Waals surface area contributed by atoms with Crippen LogP contribution in [0.1, 0.15) is 0 Å². The fourth-order valence-electron chi connectivity index (χ4n) is 9.21. The zero-order chi connectivity index (χ0) is 38.9. The first kappa shape index (κ1) is 33.3. The van der Waals surface area contributed by atoms with Crippen molar-refractivity contribution in [3.63, 3.8) is 0 Å². The molecule has 2 heterocycles. The van der Waals surface area contributed by atoms with Crippen LogP contribution in [-0.2, 0) is 0 Å². The average molecular weight is 753 g/mol. The number of benzene rings is 10. The third-order valence-electron chi connectivity index (χ3n) is 11.9. The Hall–Kier alpha value is -7.88. The van der Waals surface area contributed by atoms with Crippen LogP contribution in [0.2, 0.25) is 0 Å². The Morgan fingerprint density at radius 1 is 0.339 bits per heavy atom. The lowest BCUT2D eigenvalue weighted by molar-refractivity contribution is 0.670. The fraction of sp³-hybridized carbons (Fsp3) is 0. The minimum Gasteiger partial charge on any atom is -0.455 e. The van der Waals surface area contributed by atoms with Gasteiger partial charge in [-0.2, -0.15) is 0 Å². The second-order valence-electron chi connectivity index (χ2n) is 15.3. The van der Waals surface area contributed by atoms with Gasteiger partial charge in [-0.05, 0) is 111 Å². The highest BCUT2D eigenvalue weighted by molar-refractivity contribution is 6.13. The first-order chi connectivity index (χ1) is 29.2. The Morgan fingerprint density at radius 3 is 1.80 bits per heavy atom. The molecule has 0 saturated carbocycles. The number of hydrogen-bond acceptors (Lipinski definition) is 2. The molecule has 2 aromatic heterocycles. The summed E-state index contributed by atoms with van der Waals surface area (Å²) in [5, 5.41) is 9.69. The molecule has 0 aliphatic carbocycles. The molecule has 0 saturated heterocycles. The molecule has 0 radical (unpaired) electrons. The molecule has 0 atom stereocenters. The van der Waals surface area contributed by atoms with Crippen LogP contribution in [0.5, 0.6) is 0 Å². The van der Waals surface area contributed by atoms with Gasteiger partial charge in [0.2, 0.25) is 0 Å². The van der Waals surface area contributed by atoms with Gasteiger partial charge in [0.25, 0.3) is 0 Å². The lowest BCUT2D eigenvalue weighted by atomic mass is 9.97. The molecule has 0 aliphatic rings. The van der Waals surface area contributed by atoms with Crippen molar-refractivity contribution in [2.75, 3.05) is 4.90 Å². The first-order valence-electron chi connectivity index (χ1n) is 20.2. The van der Waals surface area contributed by atoms with Crippen molar-refractivity contribution >= 4 is 82.4 Å². The van der Waals surface area contributed by atoms with Crippen molar-refractivity contribution < 1.29 is 4.42 Å². The molecule has 12 aromatic rings. The van der Waals surface area contributed by atoms with Gasteiger partial charge < -0.3 is 13.9 Å². The van der Waals surface area contributed by atoms with E-state index in [0.717, 1.165) is 61.4 Å². The van der Waals surface area contributed by atoms with Gasteiger partial charge >= 0.3 is 0 Å². The maximum atomic E-state index is 6.77. The molecule has 0 unspecified atom stereocenters. The summed E-state index contributed by atoms with van der Waals surface area (Å²) in [5.74, 6) is 0. The van der Waals surface area contributed by atoms with E-state index in [1.54, 1.807) is 0 Å². The highest BCUT2D eigenvalue weighted by atomic mass is 16.3. The third-order valence-corrected chi connectivity index (χ3v) is 11.9. The second kappa shape index (κ2) is 13.4. The molecule has 3 nitrogen and oxygen atoms in total. The van der Waals surface area contributed by atoms with Crippen LogP contribution in [0.3, 0.4) is 0 Å². The summed E-state index contributed by atoms with van der Waals surface area (Å²) < 4.78 is 9.15. The predicted molar refractivity (Wildman–Crippen MR) is 249 cm³/mol. The van der Waals surface area contributed by atoms with Gasteiger partial charge in [0.05, 0.1) is 11.0 Å². The van der Waals surface area contributed by atoms with E-state index in [2.05, 4.69) is 222 Å². The van der Waals surface area contributed by atoms with E-state index >= 15 is 0 Å². The van der Waals surface area contributed by atoms with E-state index in [9.17, 15) is 0 Å². The molecule has 12 rings (SSSR count). The Kier molecular flexibility index (Phi) is 7.54. The average Bonchev–Trinajstić information content (AvgIpc) is 3.85. The lowest BCUT2D eigenvalue weighted by Gasteiger charge is -2.27. The second-order valence-corrected chi connectivity index (χ2v) is 15.3. The van der Waals surface area contributed by atoms with E-state index in [1.165, 1.54) is 48.9 Å². The van der Waals surface area contributed by atoms with Crippen LogP contribution in [-0.4, -0.2) is 4.57 Å². The van der Waals surface area contributed by atoms with Crippen LogP contribution < -0.4 is 4.90 Å². The van der Waals surface area contributed by atoms with Crippen molar-refractivity contribution in [3.8, 4) is 27.9 Å². The lowest BCUT2D eigenvalue weighted by Crippen LogP contribution is -2.10. The maximum absolute atomic E-state index is 6.77. The van der Waals surface area contributed by atoms with Crippen LogP contribution in [0, 0.1) is 0 Å². The minimum absolute atomic E-state index is 0.872. The summed E-state index contributed by atoms with van der Waals surface area (Å²) in [4.78, 5) is 2.37. The summed E-state index contributed by atoms with van der Waals surface area (Å²) in [6, 6.07) is 78.7. The first-order valence-corrected chi connectivity index (χ1v) is 20.2. The van der Waals surface area contributed by atoms with Gasteiger partial charge in [0.15, 0.2) is 0 Å². The van der Waals surface area contributed by atoms with Crippen LogP contribution >= 0.6 is 0 Å². The van der Waals surface area contributed by atoms with Crippen molar-refractivity contribution in [2.45, 2.75) is 0 Å². The molecule has 10 aromatic carbocycles. The van der Waals surface area contributed by atoms with E-state index in [1.807, 2.05) is 6.07 Å². The summed E-state index contributed by atoms with van der Waals surface area (Å²) >= 11 is 0. The fourth-order valence-corrected chi connectivity index (χ4v) is 9.21. The number of anilines is 3. The zero-order valence-electron chi connectivity index (χ0n) is 32.1. The van der Waals surface area contributed by atoms with Gasteiger partial charge in [-0.15, -0.1) is 0 Å². The zero-order valence-corrected chi connectivity index (χ0v) is 32.1. The Balaban J connectivity index is 1.05. The van der Waals surface area contributed by atoms with E-state index in [-0.39, 0.29) is 0 Å². The summed E-state index contributed by atoms with van der Waals surface area (Å²) in [6.45, 7) is 0. The quantitative estimate of drug-likeness (QED) is 0.158. The van der Waals surface area contributed by atoms with Gasteiger partial charge in [-0.1, -0.05) is 146 Å². The number of nitrogens with zero attached hydrogens (tertiary/aromatic N) is 2. The smallest absolute Gasteiger partial charge is 0.143 e. The van der Waals surface area contributed by atoms with Crippen LogP contribution in [0.15, 0.2) is 223 Å². The number of fused-ring (bicyclic) bond motifs is 9. The SMILES string of the molecule is c1ccc(N(c2cccc(-c3ccc4c(ccc5ccccc54)c3)c2)c2cc(-c3cccc(-n4c5ccccc5c5ccccc54)c3)c3oc4ccccc4c3c2)cc1. The molecule has 0 spiro atoms. The van der Waals surface area contributed by atoms with E-state index in [0.29, 0.717) is 0 Å². The number of furan rings is 1. The van der Waals surface area contributed by atoms with Gasteiger partial charge in [-0.25, -0.2) is 0 Å². The van der Waals surface area contributed by atoms with Crippen molar-refractivity contribution in [2.24, 2.45) is 0 Å². The van der Waals surface area contributed by atoms with Crippen molar-refractivity contribution in [1.82, 2.24) is 4.57 Å². The molecule has 3 heteroatoms. The summed E-state index contributed by atoms with van der Waals surface area (Å²) in [6.07, 6.45) is 0. The number of aromatic nitrogens is 1. The summed E-state index contributed by atoms with van der Waals surface area (Å²) in [7, 11) is 0. The van der Waals surface area contributed by atoms with Crippen LogP contribution in [0.4, 0.5) is 17.1 Å². The number of para-hydroxylation sites is 4. The maximum Gasteiger partial charge on any atom is 0.143 e. The Bertz CT molecular complexity index is 3520. The monoisotopic (exact) mass is 752 g/mol. The van der Waals surface area contributed by atoms with E-state index in [4.69, 9.17) is 4.42 Å². The molecule has 0 fully saturated rings. The normalized spacial score (nSPS) is 11.7. The van der Waals surface area contributed by atoms with Gasteiger partial charge in [-0.3, -0.25) is 0 Å². The standard InChI is InChI=1S/C56H36N2O/c1-2-17-42(18-3-1)57(43-19-12-15-38(33-43)39-30-31-47-41(32-39)29-28-37-14-4-5-21-46(37)47)45-35-51(56-52(36-45)50-24-8-11-27-55(50)59-56)40-16-13-20-44(34-40)58-53-25-9-6-22-48(53)49-23-7-10-26-54(49)58/h1-36H. The van der Waals surface area contributed by atoms with Crippen molar-refractivity contribution in [3.05, 3.63) is 218 Å². The van der Waals surface area contributed by atoms with Gasteiger partial charge in [0.1, 0.15) is 11.2 Å². The molecule has 59 heavy (non-hydrogen) atoms. The van der Waals surface area contributed by atoms with Crippen molar-refractivity contribution in [1.29, 1.82) is 0 Å². The third kappa shape index (κ3) is 5.44. The molecule has 0 amide bonds. The Morgan fingerprint density at radius 2 is 0.966 bits per heavy atom. The highest BCUT2D eigenvalue weighted by Crippen LogP contribution is 2.45.